The Bertz CT molecular complexity index is 759. The van der Waals surface area contributed by atoms with Crippen LogP contribution < -0.4 is 10.6 Å². The highest BCUT2D eigenvalue weighted by atomic mass is 19.1. The van der Waals surface area contributed by atoms with Gasteiger partial charge in [0, 0.05) is 11.8 Å². The number of nitrogens with zero attached hydrogens (tertiary/aromatic N) is 1. The average molecular weight is 274 g/mol. The van der Waals surface area contributed by atoms with Crippen LogP contribution in [0.2, 0.25) is 0 Å². The number of nitrogens with two attached hydrogens (primary N) is 1. The lowest BCUT2D eigenvalue weighted by molar-refractivity contribution is 0.0925. The molecule has 0 spiro atoms. The largest absolute Gasteiger partial charge is 0.398 e. The first-order chi connectivity index (χ1) is 9.50. The molecule has 0 bridgehead atoms. The van der Waals surface area contributed by atoms with Crippen LogP contribution in [0.25, 0.3) is 0 Å². The number of nitrogen functional groups attached to an aromatic ring is 1. The number of benzene rings is 2. The molecule has 3 rings (SSSR count). The van der Waals surface area contributed by atoms with Crippen LogP contribution in [0.1, 0.15) is 20.7 Å². The Morgan fingerprint density at radius 3 is 2.40 bits per heavy atom. The molecule has 2 N–H and O–H groups in total. The zero-order valence-electron chi connectivity index (χ0n) is 10.1. The highest BCUT2D eigenvalue weighted by Crippen LogP contribution is 2.32. The van der Waals surface area contributed by atoms with Crippen LogP contribution in [0.5, 0.6) is 0 Å². The van der Waals surface area contributed by atoms with Gasteiger partial charge < -0.3 is 5.73 Å². The zero-order valence-corrected chi connectivity index (χ0v) is 10.1. The van der Waals surface area contributed by atoms with Crippen LogP contribution in [0.4, 0.5) is 20.2 Å². The monoisotopic (exact) mass is 274 g/mol. The van der Waals surface area contributed by atoms with Gasteiger partial charge in [0.05, 0.1) is 16.8 Å². The Morgan fingerprint density at radius 2 is 1.75 bits per heavy atom. The summed E-state index contributed by atoms with van der Waals surface area (Å²) in [6.07, 6.45) is 0. The quantitative estimate of drug-likeness (QED) is 0.641. The predicted molar refractivity (Wildman–Crippen MR) is 68.4 cm³/mol. The first-order valence-electron chi connectivity index (χ1n) is 5.73. The Morgan fingerprint density at radius 1 is 1.00 bits per heavy atom. The highest BCUT2D eigenvalue weighted by molar-refractivity contribution is 6.35. The summed E-state index contributed by atoms with van der Waals surface area (Å²) in [5, 5.41) is 0. The molecule has 6 heteroatoms. The number of halogens is 2. The van der Waals surface area contributed by atoms with Crippen molar-refractivity contribution in [2.24, 2.45) is 0 Å². The van der Waals surface area contributed by atoms with Crippen molar-refractivity contribution in [1.82, 2.24) is 0 Å². The van der Waals surface area contributed by atoms with Gasteiger partial charge in [-0.2, -0.15) is 0 Å². The Balaban J connectivity index is 2.17. The summed E-state index contributed by atoms with van der Waals surface area (Å²) in [5.74, 6) is -3.17. The molecule has 0 aromatic heterocycles. The predicted octanol–water partition coefficient (Wildman–Crippen LogP) is 2.35. The molecule has 2 aromatic rings. The Labute approximate surface area is 112 Å². The third-order valence-electron chi connectivity index (χ3n) is 3.10. The molecule has 2 amide bonds. The van der Waals surface area contributed by atoms with Crippen molar-refractivity contribution in [3.05, 3.63) is 59.2 Å². The summed E-state index contributed by atoms with van der Waals surface area (Å²) in [7, 11) is 0. The van der Waals surface area contributed by atoms with E-state index in [0.717, 1.165) is 12.1 Å². The first kappa shape index (κ1) is 12.3. The SMILES string of the molecule is Nc1cccc2c1C(=O)N(c1ccc(F)cc1F)C2=O. The number of fused-ring (bicyclic) bond motifs is 1. The minimum atomic E-state index is -0.988. The lowest BCUT2D eigenvalue weighted by Crippen LogP contribution is -2.30. The van der Waals surface area contributed by atoms with Crippen LogP contribution in [-0.2, 0) is 0 Å². The maximum atomic E-state index is 13.8. The number of imide groups is 1. The molecule has 0 saturated heterocycles. The molecule has 0 atom stereocenters. The molecule has 0 radical (unpaired) electrons. The van der Waals surface area contributed by atoms with Gasteiger partial charge >= 0.3 is 0 Å². The van der Waals surface area contributed by atoms with Gasteiger partial charge in [-0.3, -0.25) is 9.59 Å². The summed E-state index contributed by atoms with van der Waals surface area (Å²) in [6.45, 7) is 0. The van der Waals surface area contributed by atoms with Crippen molar-refractivity contribution in [2.75, 3.05) is 10.6 Å². The molecule has 1 aliphatic heterocycles. The van der Waals surface area contributed by atoms with Gasteiger partial charge in [-0.1, -0.05) is 6.07 Å². The third kappa shape index (κ3) is 1.58. The molecule has 0 unspecified atom stereocenters. The maximum Gasteiger partial charge on any atom is 0.268 e. The summed E-state index contributed by atoms with van der Waals surface area (Å²) < 4.78 is 26.7. The van der Waals surface area contributed by atoms with Crippen LogP contribution in [-0.4, -0.2) is 11.8 Å². The van der Waals surface area contributed by atoms with Gasteiger partial charge in [-0.25, -0.2) is 13.7 Å². The maximum absolute atomic E-state index is 13.8. The fourth-order valence-corrected chi connectivity index (χ4v) is 2.19. The molecule has 1 heterocycles. The average Bonchev–Trinajstić information content (AvgIpc) is 2.64. The second kappa shape index (κ2) is 4.12. The van der Waals surface area contributed by atoms with Crippen LogP contribution in [0, 0.1) is 11.6 Å². The number of carbonyl (C=O) groups excluding carboxylic acids is 2. The number of anilines is 2. The number of carbonyl (C=O) groups is 2. The summed E-state index contributed by atoms with van der Waals surface area (Å²) in [5.41, 5.74) is 5.68. The number of hydrogen-bond donors (Lipinski definition) is 1. The summed E-state index contributed by atoms with van der Waals surface area (Å²) in [4.78, 5) is 25.1. The van der Waals surface area contributed by atoms with E-state index in [1.165, 1.54) is 18.2 Å². The van der Waals surface area contributed by atoms with E-state index in [9.17, 15) is 18.4 Å². The van der Waals surface area contributed by atoms with E-state index < -0.39 is 23.4 Å². The molecule has 2 aromatic carbocycles. The van der Waals surface area contributed by atoms with Gasteiger partial charge in [0.15, 0.2) is 0 Å². The highest BCUT2D eigenvalue weighted by Gasteiger charge is 2.39. The topological polar surface area (TPSA) is 63.4 Å². The van der Waals surface area contributed by atoms with Crippen LogP contribution in [0.15, 0.2) is 36.4 Å². The summed E-state index contributed by atoms with van der Waals surface area (Å²) in [6, 6.07) is 7.09. The smallest absolute Gasteiger partial charge is 0.268 e. The normalized spacial score (nSPS) is 13.8. The van der Waals surface area contributed by atoms with E-state index in [1.807, 2.05) is 0 Å². The fraction of sp³-hybridized carbons (Fsp3) is 0. The standard InChI is InChI=1S/C14H8F2N2O2/c15-7-4-5-11(9(16)6-7)18-13(19)8-2-1-3-10(17)12(8)14(18)20/h1-6H,17H2. The van der Waals surface area contributed by atoms with Gasteiger partial charge in [0.25, 0.3) is 11.8 Å². The Kier molecular flexibility index (Phi) is 2.53. The molecule has 0 aliphatic carbocycles. The fourth-order valence-electron chi connectivity index (χ4n) is 2.19. The van der Waals surface area contributed by atoms with Gasteiger partial charge in [0.1, 0.15) is 11.6 Å². The van der Waals surface area contributed by atoms with Crippen molar-refractivity contribution < 1.29 is 18.4 Å². The van der Waals surface area contributed by atoms with Crippen molar-refractivity contribution in [3.63, 3.8) is 0 Å². The minimum Gasteiger partial charge on any atom is -0.398 e. The van der Waals surface area contributed by atoms with E-state index in [0.29, 0.717) is 11.0 Å². The number of amides is 2. The second-order valence-corrected chi connectivity index (χ2v) is 4.31. The van der Waals surface area contributed by atoms with Crippen LogP contribution in [0.3, 0.4) is 0 Å². The lowest BCUT2D eigenvalue weighted by Gasteiger charge is -2.14. The van der Waals surface area contributed by atoms with Gasteiger partial charge in [-0.15, -0.1) is 0 Å². The molecule has 0 fully saturated rings. The van der Waals surface area contributed by atoms with Crippen molar-refractivity contribution >= 4 is 23.2 Å². The van der Waals surface area contributed by atoms with Crippen molar-refractivity contribution in [3.8, 4) is 0 Å². The van der Waals surface area contributed by atoms with E-state index >= 15 is 0 Å². The number of hydrogen-bond acceptors (Lipinski definition) is 3. The minimum absolute atomic E-state index is 0.0428. The van der Waals surface area contributed by atoms with Gasteiger partial charge in [-0.05, 0) is 24.3 Å². The lowest BCUT2D eigenvalue weighted by atomic mass is 10.1. The second-order valence-electron chi connectivity index (χ2n) is 4.31. The van der Waals surface area contributed by atoms with E-state index in [4.69, 9.17) is 5.73 Å². The molecule has 100 valence electrons. The summed E-state index contributed by atoms with van der Waals surface area (Å²) >= 11 is 0. The molecule has 0 saturated carbocycles. The molecular weight excluding hydrogens is 266 g/mol. The molecule has 4 nitrogen and oxygen atoms in total. The third-order valence-corrected chi connectivity index (χ3v) is 3.10. The first-order valence-corrected chi connectivity index (χ1v) is 5.73. The molecule has 1 aliphatic rings. The van der Waals surface area contributed by atoms with Crippen LogP contribution >= 0.6 is 0 Å². The van der Waals surface area contributed by atoms with Crippen molar-refractivity contribution in [1.29, 1.82) is 0 Å². The number of rotatable bonds is 1. The molecular formula is C14H8F2N2O2. The van der Waals surface area contributed by atoms with E-state index in [-0.39, 0.29) is 22.5 Å². The zero-order chi connectivity index (χ0) is 14.4. The van der Waals surface area contributed by atoms with E-state index in [2.05, 4.69) is 0 Å². The Hall–Kier alpha value is -2.76. The van der Waals surface area contributed by atoms with Gasteiger partial charge in [0.2, 0.25) is 0 Å². The van der Waals surface area contributed by atoms with E-state index in [1.54, 1.807) is 0 Å². The molecule has 20 heavy (non-hydrogen) atoms. The van der Waals surface area contributed by atoms with Crippen molar-refractivity contribution in [2.45, 2.75) is 0 Å².